The van der Waals surface area contributed by atoms with Crippen LogP contribution in [0.1, 0.15) is 30.4 Å². The third-order valence-electron chi connectivity index (χ3n) is 5.16. The SMILES string of the molecule is O=C1CCc2cc(NC(=O)[C@@H]3CCCN3Cc3ccccc3)ccc2N1. The second-order valence-corrected chi connectivity index (χ2v) is 7.02. The summed E-state index contributed by atoms with van der Waals surface area (Å²) in [6.07, 6.45) is 3.15. The van der Waals surface area contributed by atoms with Gasteiger partial charge in [0.05, 0.1) is 6.04 Å². The van der Waals surface area contributed by atoms with Crippen molar-refractivity contribution in [3.8, 4) is 0 Å². The van der Waals surface area contributed by atoms with E-state index in [0.29, 0.717) is 12.8 Å². The maximum atomic E-state index is 12.8. The molecule has 0 unspecified atom stereocenters. The molecule has 1 fully saturated rings. The number of carbonyl (C=O) groups is 2. The lowest BCUT2D eigenvalue weighted by Gasteiger charge is -2.24. The van der Waals surface area contributed by atoms with Gasteiger partial charge in [0.25, 0.3) is 0 Å². The standard InChI is InChI=1S/C21H23N3O2/c25-20-11-8-16-13-17(9-10-18(16)23-20)22-21(26)19-7-4-12-24(19)14-15-5-2-1-3-6-15/h1-3,5-6,9-10,13,19H,4,7-8,11-12,14H2,(H,22,26)(H,23,25)/t19-/m0/s1. The number of amides is 2. The van der Waals surface area contributed by atoms with Crippen LogP contribution < -0.4 is 10.6 Å². The number of hydrogen-bond acceptors (Lipinski definition) is 3. The molecule has 4 rings (SSSR count). The molecule has 0 aromatic heterocycles. The van der Waals surface area contributed by atoms with Crippen molar-refractivity contribution in [2.75, 3.05) is 17.2 Å². The number of rotatable bonds is 4. The number of benzene rings is 2. The highest BCUT2D eigenvalue weighted by molar-refractivity contribution is 5.97. The van der Waals surface area contributed by atoms with Crippen LogP contribution in [0.3, 0.4) is 0 Å². The Morgan fingerprint density at radius 1 is 1.15 bits per heavy atom. The molecule has 26 heavy (non-hydrogen) atoms. The summed E-state index contributed by atoms with van der Waals surface area (Å²) in [6, 6.07) is 15.9. The number of hydrogen-bond donors (Lipinski definition) is 2. The first kappa shape index (κ1) is 16.8. The van der Waals surface area contributed by atoms with Crippen molar-refractivity contribution >= 4 is 23.2 Å². The van der Waals surface area contributed by atoms with Crippen molar-refractivity contribution in [2.45, 2.75) is 38.3 Å². The van der Waals surface area contributed by atoms with Crippen molar-refractivity contribution in [3.63, 3.8) is 0 Å². The molecule has 0 radical (unpaired) electrons. The second kappa shape index (κ2) is 7.30. The summed E-state index contributed by atoms with van der Waals surface area (Å²) in [5, 5.41) is 5.94. The summed E-state index contributed by atoms with van der Waals surface area (Å²) in [4.78, 5) is 26.5. The van der Waals surface area contributed by atoms with E-state index in [9.17, 15) is 9.59 Å². The van der Waals surface area contributed by atoms with Gasteiger partial charge in [-0.3, -0.25) is 14.5 Å². The van der Waals surface area contributed by atoms with Crippen LogP contribution in [0.4, 0.5) is 11.4 Å². The fourth-order valence-electron chi connectivity index (χ4n) is 3.82. The molecule has 1 atom stereocenters. The predicted molar refractivity (Wildman–Crippen MR) is 102 cm³/mol. The van der Waals surface area contributed by atoms with Gasteiger partial charge < -0.3 is 10.6 Å². The smallest absolute Gasteiger partial charge is 0.241 e. The summed E-state index contributed by atoms with van der Waals surface area (Å²) in [5.74, 6) is 0.107. The van der Waals surface area contributed by atoms with E-state index in [1.165, 1.54) is 5.56 Å². The quantitative estimate of drug-likeness (QED) is 0.891. The first-order chi connectivity index (χ1) is 12.7. The molecule has 5 nitrogen and oxygen atoms in total. The molecule has 0 spiro atoms. The Bertz CT molecular complexity index is 819. The third kappa shape index (κ3) is 3.63. The second-order valence-electron chi connectivity index (χ2n) is 7.02. The van der Waals surface area contributed by atoms with Gasteiger partial charge in [-0.05, 0) is 55.1 Å². The third-order valence-corrected chi connectivity index (χ3v) is 5.16. The lowest BCUT2D eigenvalue weighted by molar-refractivity contribution is -0.120. The number of aryl methyl sites for hydroxylation is 1. The van der Waals surface area contributed by atoms with Crippen LogP contribution in [-0.2, 0) is 22.6 Å². The Kier molecular flexibility index (Phi) is 4.71. The molecule has 2 heterocycles. The van der Waals surface area contributed by atoms with Gasteiger partial charge >= 0.3 is 0 Å². The molecule has 2 N–H and O–H groups in total. The summed E-state index contributed by atoms with van der Waals surface area (Å²) in [5.41, 5.74) is 3.97. The summed E-state index contributed by atoms with van der Waals surface area (Å²) < 4.78 is 0. The molecule has 2 aliphatic heterocycles. The maximum Gasteiger partial charge on any atom is 0.241 e. The zero-order chi connectivity index (χ0) is 17.9. The Balaban J connectivity index is 1.43. The molecular weight excluding hydrogens is 326 g/mol. The predicted octanol–water partition coefficient (Wildman–Crippen LogP) is 3.17. The highest BCUT2D eigenvalue weighted by Gasteiger charge is 2.30. The van der Waals surface area contributed by atoms with Crippen molar-refractivity contribution < 1.29 is 9.59 Å². The molecule has 0 aliphatic carbocycles. The van der Waals surface area contributed by atoms with Gasteiger partial charge in [-0.1, -0.05) is 30.3 Å². The molecule has 2 aromatic rings. The zero-order valence-electron chi connectivity index (χ0n) is 14.7. The average molecular weight is 349 g/mol. The van der Waals surface area contributed by atoms with E-state index in [0.717, 1.165) is 42.9 Å². The molecular formula is C21H23N3O2. The van der Waals surface area contributed by atoms with E-state index in [-0.39, 0.29) is 17.9 Å². The Labute approximate surface area is 153 Å². The first-order valence-electron chi connectivity index (χ1n) is 9.21. The van der Waals surface area contributed by atoms with Gasteiger partial charge in [0, 0.05) is 24.3 Å². The number of fused-ring (bicyclic) bond motifs is 1. The Morgan fingerprint density at radius 3 is 2.85 bits per heavy atom. The van der Waals surface area contributed by atoms with E-state index in [1.807, 2.05) is 36.4 Å². The summed E-state index contributed by atoms with van der Waals surface area (Å²) in [6.45, 7) is 1.75. The normalized spacial score (nSPS) is 19.7. The molecule has 0 bridgehead atoms. The number of nitrogens with one attached hydrogen (secondary N) is 2. The minimum Gasteiger partial charge on any atom is -0.326 e. The highest BCUT2D eigenvalue weighted by Crippen LogP contribution is 2.27. The van der Waals surface area contributed by atoms with E-state index < -0.39 is 0 Å². The molecule has 2 amide bonds. The maximum absolute atomic E-state index is 12.8. The summed E-state index contributed by atoms with van der Waals surface area (Å²) >= 11 is 0. The fourth-order valence-corrected chi connectivity index (χ4v) is 3.82. The number of carbonyl (C=O) groups excluding carboxylic acids is 2. The van der Waals surface area contributed by atoms with Gasteiger partial charge in [0.2, 0.25) is 11.8 Å². The fraction of sp³-hybridized carbons (Fsp3) is 0.333. The van der Waals surface area contributed by atoms with Gasteiger partial charge in [-0.15, -0.1) is 0 Å². The van der Waals surface area contributed by atoms with E-state index in [1.54, 1.807) is 0 Å². The lowest BCUT2D eigenvalue weighted by atomic mass is 10.0. The number of likely N-dealkylation sites (tertiary alicyclic amines) is 1. The van der Waals surface area contributed by atoms with Crippen molar-refractivity contribution in [1.82, 2.24) is 4.90 Å². The zero-order valence-corrected chi connectivity index (χ0v) is 14.7. The molecule has 2 aromatic carbocycles. The molecule has 5 heteroatoms. The van der Waals surface area contributed by atoms with Crippen LogP contribution in [0.5, 0.6) is 0 Å². The first-order valence-corrected chi connectivity index (χ1v) is 9.21. The van der Waals surface area contributed by atoms with Crippen LogP contribution in [0.2, 0.25) is 0 Å². The number of anilines is 2. The molecule has 0 saturated carbocycles. The molecule has 1 saturated heterocycles. The lowest BCUT2D eigenvalue weighted by Crippen LogP contribution is -2.39. The van der Waals surface area contributed by atoms with Crippen LogP contribution in [-0.4, -0.2) is 29.3 Å². The van der Waals surface area contributed by atoms with Crippen LogP contribution in [0.25, 0.3) is 0 Å². The van der Waals surface area contributed by atoms with E-state index in [4.69, 9.17) is 0 Å². The van der Waals surface area contributed by atoms with E-state index in [2.05, 4.69) is 27.7 Å². The van der Waals surface area contributed by atoms with Gasteiger partial charge in [0.1, 0.15) is 0 Å². The largest absolute Gasteiger partial charge is 0.326 e. The minimum absolute atomic E-state index is 0.0526. The Hall–Kier alpha value is -2.66. The highest BCUT2D eigenvalue weighted by atomic mass is 16.2. The van der Waals surface area contributed by atoms with Crippen LogP contribution >= 0.6 is 0 Å². The average Bonchev–Trinajstić information content (AvgIpc) is 3.11. The van der Waals surface area contributed by atoms with Gasteiger partial charge in [-0.2, -0.15) is 0 Å². The number of nitrogens with zero attached hydrogens (tertiary/aromatic N) is 1. The van der Waals surface area contributed by atoms with Crippen LogP contribution in [0, 0.1) is 0 Å². The molecule has 2 aliphatic rings. The van der Waals surface area contributed by atoms with Crippen molar-refractivity contribution in [3.05, 3.63) is 59.7 Å². The molecule has 134 valence electrons. The van der Waals surface area contributed by atoms with Gasteiger partial charge in [0.15, 0.2) is 0 Å². The topological polar surface area (TPSA) is 61.4 Å². The minimum atomic E-state index is -0.0917. The Morgan fingerprint density at radius 2 is 2.00 bits per heavy atom. The van der Waals surface area contributed by atoms with Crippen molar-refractivity contribution in [1.29, 1.82) is 0 Å². The van der Waals surface area contributed by atoms with E-state index >= 15 is 0 Å². The van der Waals surface area contributed by atoms with Crippen LogP contribution in [0.15, 0.2) is 48.5 Å². The van der Waals surface area contributed by atoms with Gasteiger partial charge in [-0.25, -0.2) is 0 Å². The summed E-state index contributed by atoms with van der Waals surface area (Å²) in [7, 11) is 0. The monoisotopic (exact) mass is 349 g/mol. The van der Waals surface area contributed by atoms with Crippen molar-refractivity contribution in [2.24, 2.45) is 0 Å².